The Morgan fingerprint density at radius 1 is 1.29 bits per heavy atom. The minimum absolute atomic E-state index is 0.143. The normalized spacial score (nSPS) is 19.5. The van der Waals surface area contributed by atoms with E-state index in [1.54, 1.807) is 0 Å². The van der Waals surface area contributed by atoms with Crippen LogP contribution in [0, 0.1) is 0 Å². The van der Waals surface area contributed by atoms with Crippen LogP contribution in [0.25, 0.3) is 10.9 Å². The molecule has 0 amide bonds. The van der Waals surface area contributed by atoms with Crippen molar-refractivity contribution < 1.29 is 0 Å². The van der Waals surface area contributed by atoms with Crippen molar-refractivity contribution >= 4 is 10.9 Å². The number of hydrogen-bond acceptors (Lipinski definition) is 2. The minimum atomic E-state index is -0.143. The molecule has 1 aliphatic carbocycles. The third-order valence-electron chi connectivity index (χ3n) is 3.21. The van der Waals surface area contributed by atoms with Gasteiger partial charge in [-0.1, -0.05) is 18.2 Å². The van der Waals surface area contributed by atoms with Crippen molar-refractivity contribution in [2.24, 2.45) is 5.73 Å². The Kier molecular flexibility index (Phi) is 1.47. The van der Waals surface area contributed by atoms with Crippen LogP contribution in [0.5, 0.6) is 0 Å². The average Bonchev–Trinajstić information content (AvgIpc) is 2.58. The number of nitrogens with two attached hydrogens (primary N) is 1. The van der Waals surface area contributed by atoms with Crippen molar-refractivity contribution in [1.29, 1.82) is 0 Å². The topological polar surface area (TPSA) is 54.7 Å². The molecule has 0 radical (unpaired) electrons. The molecule has 1 aromatic heterocycles. The molecule has 2 aromatic rings. The SMILES string of the molecule is NC1(c2[nH]nc3ccccc23)CCC1. The number of aromatic amines is 1. The van der Waals surface area contributed by atoms with E-state index in [1.807, 2.05) is 18.2 Å². The number of fused-ring (bicyclic) bond motifs is 1. The summed E-state index contributed by atoms with van der Waals surface area (Å²) in [4.78, 5) is 0. The molecule has 3 rings (SSSR count). The Balaban J connectivity index is 2.22. The first kappa shape index (κ1) is 8.00. The molecule has 1 aliphatic rings. The second-order valence-electron chi connectivity index (χ2n) is 4.13. The Hall–Kier alpha value is -1.35. The summed E-state index contributed by atoms with van der Waals surface area (Å²) in [5.74, 6) is 0. The monoisotopic (exact) mass is 187 g/mol. The molecule has 0 unspecified atom stereocenters. The highest BCUT2D eigenvalue weighted by molar-refractivity contribution is 5.82. The van der Waals surface area contributed by atoms with Gasteiger partial charge in [0.1, 0.15) is 0 Å². The van der Waals surface area contributed by atoms with E-state index in [-0.39, 0.29) is 5.54 Å². The molecule has 3 heteroatoms. The third-order valence-corrected chi connectivity index (χ3v) is 3.21. The van der Waals surface area contributed by atoms with Crippen molar-refractivity contribution in [2.45, 2.75) is 24.8 Å². The molecule has 72 valence electrons. The summed E-state index contributed by atoms with van der Waals surface area (Å²) in [5, 5.41) is 8.52. The van der Waals surface area contributed by atoms with Gasteiger partial charge < -0.3 is 5.73 Å². The van der Waals surface area contributed by atoms with Crippen molar-refractivity contribution in [2.75, 3.05) is 0 Å². The van der Waals surface area contributed by atoms with E-state index in [4.69, 9.17) is 5.73 Å². The van der Waals surface area contributed by atoms with E-state index in [2.05, 4.69) is 16.3 Å². The summed E-state index contributed by atoms with van der Waals surface area (Å²) in [6, 6.07) is 8.12. The van der Waals surface area contributed by atoms with Gasteiger partial charge in [-0.3, -0.25) is 5.10 Å². The zero-order valence-electron chi connectivity index (χ0n) is 7.96. The first-order valence-corrected chi connectivity index (χ1v) is 5.02. The highest BCUT2D eigenvalue weighted by Gasteiger charge is 2.37. The van der Waals surface area contributed by atoms with Crippen LogP contribution in [0.4, 0.5) is 0 Å². The van der Waals surface area contributed by atoms with Gasteiger partial charge in [0.15, 0.2) is 0 Å². The highest BCUT2D eigenvalue weighted by Crippen LogP contribution is 2.40. The number of rotatable bonds is 1. The van der Waals surface area contributed by atoms with Gasteiger partial charge in [0.05, 0.1) is 16.7 Å². The second-order valence-corrected chi connectivity index (χ2v) is 4.13. The van der Waals surface area contributed by atoms with Crippen LogP contribution in [0.2, 0.25) is 0 Å². The Labute approximate surface area is 82.3 Å². The standard InChI is InChI=1S/C11H13N3/c12-11(6-3-7-11)10-8-4-1-2-5-9(8)13-14-10/h1-2,4-5H,3,6-7,12H2,(H,13,14). The van der Waals surface area contributed by atoms with E-state index in [1.165, 1.54) is 11.8 Å². The molecular weight excluding hydrogens is 174 g/mol. The lowest BCUT2D eigenvalue weighted by Crippen LogP contribution is -2.43. The van der Waals surface area contributed by atoms with Crippen molar-refractivity contribution in [3.05, 3.63) is 30.0 Å². The maximum absolute atomic E-state index is 6.26. The van der Waals surface area contributed by atoms with Gasteiger partial charge >= 0.3 is 0 Å². The number of para-hydroxylation sites is 1. The fraction of sp³-hybridized carbons (Fsp3) is 0.364. The predicted octanol–water partition coefficient (Wildman–Crippen LogP) is 1.90. The largest absolute Gasteiger partial charge is 0.320 e. The van der Waals surface area contributed by atoms with E-state index in [0.29, 0.717) is 0 Å². The number of nitrogens with zero attached hydrogens (tertiary/aromatic N) is 1. The van der Waals surface area contributed by atoms with Gasteiger partial charge in [0, 0.05) is 5.39 Å². The van der Waals surface area contributed by atoms with Crippen molar-refractivity contribution in [3.63, 3.8) is 0 Å². The van der Waals surface area contributed by atoms with E-state index in [0.717, 1.165) is 24.1 Å². The smallest absolute Gasteiger partial charge is 0.0924 e. The van der Waals surface area contributed by atoms with Gasteiger partial charge in [-0.2, -0.15) is 5.10 Å². The summed E-state index contributed by atoms with van der Waals surface area (Å²) < 4.78 is 0. The van der Waals surface area contributed by atoms with Crippen LogP contribution in [0.1, 0.15) is 25.0 Å². The van der Waals surface area contributed by atoms with Crippen LogP contribution in [0.3, 0.4) is 0 Å². The summed E-state index contributed by atoms with van der Waals surface area (Å²) in [5.41, 5.74) is 8.24. The molecule has 1 saturated carbocycles. The minimum Gasteiger partial charge on any atom is -0.320 e. The molecule has 0 saturated heterocycles. The van der Waals surface area contributed by atoms with Gasteiger partial charge in [-0.05, 0) is 25.3 Å². The van der Waals surface area contributed by atoms with Crippen LogP contribution >= 0.6 is 0 Å². The van der Waals surface area contributed by atoms with Crippen molar-refractivity contribution in [1.82, 2.24) is 10.2 Å². The number of aromatic nitrogens is 2. The van der Waals surface area contributed by atoms with Gasteiger partial charge in [0.2, 0.25) is 0 Å². The fourth-order valence-corrected chi connectivity index (χ4v) is 2.15. The van der Waals surface area contributed by atoms with E-state index in [9.17, 15) is 0 Å². The molecule has 3 nitrogen and oxygen atoms in total. The van der Waals surface area contributed by atoms with Crippen LogP contribution in [-0.2, 0) is 5.54 Å². The molecular formula is C11H13N3. The first-order chi connectivity index (χ1) is 6.80. The molecule has 0 spiro atoms. The van der Waals surface area contributed by atoms with E-state index >= 15 is 0 Å². The van der Waals surface area contributed by atoms with Crippen LogP contribution < -0.4 is 5.73 Å². The lowest BCUT2D eigenvalue weighted by molar-refractivity contribution is 0.248. The molecule has 3 N–H and O–H groups in total. The number of hydrogen-bond donors (Lipinski definition) is 2. The molecule has 0 atom stereocenters. The zero-order chi connectivity index (χ0) is 9.60. The molecule has 0 bridgehead atoms. The summed E-state index contributed by atoms with van der Waals surface area (Å²) in [7, 11) is 0. The fourth-order valence-electron chi connectivity index (χ4n) is 2.15. The number of H-pyrrole nitrogens is 1. The second kappa shape index (κ2) is 2.58. The van der Waals surface area contributed by atoms with Crippen LogP contribution in [-0.4, -0.2) is 10.2 Å². The number of nitrogens with one attached hydrogen (secondary N) is 1. The summed E-state index contributed by atoms with van der Waals surface area (Å²) in [6.07, 6.45) is 3.36. The zero-order valence-corrected chi connectivity index (χ0v) is 7.96. The summed E-state index contributed by atoms with van der Waals surface area (Å²) in [6.45, 7) is 0. The lowest BCUT2D eigenvalue weighted by Gasteiger charge is -2.37. The van der Waals surface area contributed by atoms with Gasteiger partial charge in [-0.25, -0.2) is 0 Å². The Morgan fingerprint density at radius 3 is 2.79 bits per heavy atom. The molecule has 0 aliphatic heterocycles. The third kappa shape index (κ3) is 0.930. The average molecular weight is 187 g/mol. The predicted molar refractivity (Wildman–Crippen MR) is 55.8 cm³/mol. The van der Waals surface area contributed by atoms with Gasteiger partial charge in [-0.15, -0.1) is 0 Å². The maximum Gasteiger partial charge on any atom is 0.0924 e. The quantitative estimate of drug-likeness (QED) is 0.716. The molecule has 1 fully saturated rings. The lowest BCUT2D eigenvalue weighted by atomic mass is 9.74. The Bertz CT molecular complexity index is 468. The maximum atomic E-state index is 6.26. The highest BCUT2D eigenvalue weighted by atomic mass is 15.1. The summed E-state index contributed by atoms with van der Waals surface area (Å²) >= 11 is 0. The first-order valence-electron chi connectivity index (χ1n) is 5.02. The number of benzene rings is 1. The molecule has 1 aromatic carbocycles. The molecule has 1 heterocycles. The van der Waals surface area contributed by atoms with Crippen LogP contribution in [0.15, 0.2) is 24.3 Å². The van der Waals surface area contributed by atoms with Crippen molar-refractivity contribution in [3.8, 4) is 0 Å². The Morgan fingerprint density at radius 2 is 2.07 bits per heavy atom. The molecule has 14 heavy (non-hydrogen) atoms. The van der Waals surface area contributed by atoms with E-state index < -0.39 is 0 Å². The van der Waals surface area contributed by atoms with Gasteiger partial charge in [0.25, 0.3) is 0 Å².